The summed E-state index contributed by atoms with van der Waals surface area (Å²) in [4.78, 5) is 10.5. The van der Waals surface area contributed by atoms with Crippen LogP contribution in [0, 0.1) is 6.92 Å². The van der Waals surface area contributed by atoms with Gasteiger partial charge in [-0.3, -0.25) is 4.79 Å². The van der Waals surface area contributed by atoms with Gasteiger partial charge < -0.3 is 9.84 Å². The molecule has 0 saturated carbocycles. The van der Waals surface area contributed by atoms with Crippen LogP contribution in [0.1, 0.15) is 11.1 Å². The van der Waals surface area contributed by atoms with Crippen LogP contribution in [0.15, 0.2) is 16.6 Å². The van der Waals surface area contributed by atoms with Gasteiger partial charge in [0.25, 0.3) is 0 Å². The van der Waals surface area contributed by atoms with E-state index < -0.39 is 5.97 Å². The van der Waals surface area contributed by atoms with Gasteiger partial charge in [0.05, 0.1) is 18.0 Å². The number of methoxy groups -OCH3 is 1. The Labute approximate surface area is 90.8 Å². The predicted molar refractivity (Wildman–Crippen MR) is 56.8 cm³/mol. The van der Waals surface area contributed by atoms with Crippen molar-refractivity contribution in [1.29, 1.82) is 0 Å². The molecular formula is C10H11BrO3. The Morgan fingerprint density at radius 1 is 1.57 bits per heavy atom. The fourth-order valence-electron chi connectivity index (χ4n) is 1.24. The van der Waals surface area contributed by atoms with Crippen LogP contribution in [0.4, 0.5) is 0 Å². The maximum Gasteiger partial charge on any atom is 0.307 e. The second-order valence-electron chi connectivity index (χ2n) is 2.96. The summed E-state index contributed by atoms with van der Waals surface area (Å²) in [6, 6.07) is 3.64. The van der Waals surface area contributed by atoms with Gasteiger partial charge in [-0.15, -0.1) is 0 Å². The molecule has 0 spiro atoms. The van der Waals surface area contributed by atoms with Crippen molar-refractivity contribution < 1.29 is 14.6 Å². The SMILES string of the molecule is COc1c(C)ccc(CC(=O)O)c1Br. The number of aryl methyl sites for hydroxylation is 1. The van der Waals surface area contributed by atoms with Crippen LogP contribution in [-0.4, -0.2) is 18.2 Å². The van der Waals surface area contributed by atoms with Crippen LogP contribution < -0.4 is 4.74 Å². The molecule has 0 aliphatic heterocycles. The minimum atomic E-state index is -0.850. The molecule has 1 rings (SSSR count). The van der Waals surface area contributed by atoms with Crippen molar-refractivity contribution in [2.45, 2.75) is 13.3 Å². The Bertz CT molecular complexity index is 361. The summed E-state index contributed by atoms with van der Waals surface area (Å²) in [5.74, 6) is -0.152. The van der Waals surface area contributed by atoms with E-state index >= 15 is 0 Å². The molecule has 0 amide bonds. The summed E-state index contributed by atoms with van der Waals surface area (Å²) in [6.07, 6.45) is -0.00275. The Balaban J connectivity index is 3.14. The lowest BCUT2D eigenvalue weighted by molar-refractivity contribution is -0.136. The van der Waals surface area contributed by atoms with Crippen molar-refractivity contribution in [1.82, 2.24) is 0 Å². The predicted octanol–water partition coefficient (Wildman–Crippen LogP) is 2.39. The van der Waals surface area contributed by atoms with E-state index in [9.17, 15) is 4.79 Å². The third-order valence-electron chi connectivity index (χ3n) is 1.92. The number of carboxylic acids is 1. The molecule has 0 aliphatic rings. The molecule has 4 heteroatoms. The molecule has 0 heterocycles. The Morgan fingerprint density at radius 3 is 2.71 bits per heavy atom. The molecule has 0 radical (unpaired) electrons. The molecule has 14 heavy (non-hydrogen) atoms. The minimum absolute atomic E-state index is 0.00275. The first-order valence-electron chi connectivity index (χ1n) is 4.10. The maximum atomic E-state index is 10.5. The monoisotopic (exact) mass is 258 g/mol. The van der Waals surface area contributed by atoms with Gasteiger partial charge >= 0.3 is 5.97 Å². The standard InChI is InChI=1S/C10H11BrO3/c1-6-3-4-7(5-8(12)13)9(11)10(6)14-2/h3-4H,5H2,1-2H3,(H,12,13). The first kappa shape index (κ1) is 11.0. The van der Waals surface area contributed by atoms with Gasteiger partial charge in [-0.2, -0.15) is 0 Å². The topological polar surface area (TPSA) is 46.5 Å². The van der Waals surface area contributed by atoms with Crippen LogP contribution in [-0.2, 0) is 11.2 Å². The summed E-state index contributed by atoms with van der Waals surface area (Å²) >= 11 is 3.33. The molecule has 76 valence electrons. The molecule has 0 saturated heterocycles. The second kappa shape index (κ2) is 4.46. The highest BCUT2D eigenvalue weighted by atomic mass is 79.9. The average Bonchev–Trinajstić information content (AvgIpc) is 2.10. The molecule has 1 N–H and O–H groups in total. The summed E-state index contributed by atoms with van der Waals surface area (Å²) in [7, 11) is 1.57. The van der Waals surface area contributed by atoms with Gasteiger partial charge in [0.2, 0.25) is 0 Å². The normalized spacial score (nSPS) is 9.93. The first-order valence-corrected chi connectivity index (χ1v) is 4.89. The van der Waals surface area contributed by atoms with Crippen molar-refractivity contribution in [3.8, 4) is 5.75 Å². The minimum Gasteiger partial charge on any atom is -0.495 e. The smallest absolute Gasteiger partial charge is 0.307 e. The first-order chi connectivity index (χ1) is 6.56. The zero-order chi connectivity index (χ0) is 10.7. The molecule has 0 atom stereocenters. The third-order valence-corrected chi connectivity index (χ3v) is 2.79. The van der Waals surface area contributed by atoms with Crippen LogP contribution in [0.3, 0.4) is 0 Å². The molecule has 1 aromatic rings. The Morgan fingerprint density at radius 2 is 2.21 bits per heavy atom. The number of carboxylic acid groups (broad SMARTS) is 1. The van der Waals surface area contributed by atoms with Gasteiger partial charge in [-0.05, 0) is 34.0 Å². The molecule has 1 aromatic carbocycles. The number of hydrogen-bond donors (Lipinski definition) is 1. The lowest BCUT2D eigenvalue weighted by atomic mass is 10.1. The summed E-state index contributed by atoms with van der Waals surface area (Å²) in [5.41, 5.74) is 1.70. The number of carbonyl (C=O) groups is 1. The van der Waals surface area contributed by atoms with Crippen molar-refractivity contribution in [2.24, 2.45) is 0 Å². The van der Waals surface area contributed by atoms with E-state index in [1.54, 1.807) is 13.2 Å². The summed E-state index contributed by atoms with van der Waals surface area (Å²) in [6.45, 7) is 1.91. The number of rotatable bonds is 3. The lowest BCUT2D eigenvalue weighted by Gasteiger charge is -2.10. The highest BCUT2D eigenvalue weighted by molar-refractivity contribution is 9.10. The van der Waals surface area contributed by atoms with E-state index in [1.807, 2.05) is 13.0 Å². The van der Waals surface area contributed by atoms with Gasteiger partial charge in [0.1, 0.15) is 5.75 Å². The van der Waals surface area contributed by atoms with Gasteiger partial charge in [0, 0.05) is 0 Å². The highest BCUT2D eigenvalue weighted by Crippen LogP contribution is 2.32. The highest BCUT2D eigenvalue weighted by Gasteiger charge is 2.11. The Kier molecular flexibility index (Phi) is 3.52. The van der Waals surface area contributed by atoms with Crippen LogP contribution in [0.5, 0.6) is 5.75 Å². The molecule has 0 aliphatic carbocycles. The van der Waals surface area contributed by atoms with Crippen molar-refractivity contribution in [3.05, 3.63) is 27.7 Å². The van der Waals surface area contributed by atoms with E-state index in [0.29, 0.717) is 5.75 Å². The fourth-order valence-corrected chi connectivity index (χ4v) is 1.99. The van der Waals surface area contributed by atoms with Crippen LogP contribution in [0.25, 0.3) is 0 Å². The van der Waals surface area contributed by atoms with Crippen molar-refractivity contribution in [2.75, 3.05) is 7.11 Å². The van der Waals surface area contributed by atoms with Crippen LogP contribution >= 0.6 is 15.9 Å². The van der Waals surface area contributed by atoms with Gasteiger partial charge in [0.15, 0.2) is 0 Å². The molecule has 0 aromatic heterocycles. The van der Waals surface area contributed by atoms with E-state index in [1.165, 1.54) is 0 Å². The van der Waals surface area contributed by atoms with E-state index in [-0.39, 0.29) is 6.42 Å². The number of ether oxygens (including phenoxy) is 1. The molecule has 0 bridgehead atoms. The largest absolute Gasteiger partial charge is 0.495 e. The number of benzene rings is 1. The molecular weight excluding hydrogens is 248 g/mol. The van der Waals surface area contributed by atoms with E-state index in [2.05, 4.69) is 15.9 Å². The number of hydrogen-bond acceptors (Lipinski definition) is 2. The average molecular weight is 259 g/mol. The van der Waals surface area contributed by atoms with Gasteiger partial charge in [-0.25, -0.2) is 0 Å². The van der Waals surface area contributed by atoms with Crippen molar-refractivity contribution >= 4 is 21.9 Å². The van der Waals surface area contributed by atoms with Gasteiger partial charge in [-0.1, -0.05) is 12.1 Å². The van der Waals surface area contributed by atoms with Crippen molar-refractivity contribution in [3.63, 3.8) is 0 Å². The quantitative estimate of drug-likeness (QED) is 0.906. The third kappa shape index (κ3) is 2.26. The van der Waals surface area contributed by atoms with E-state index in [4.69, 9.17) is 9.84 Å². The zero-order valence-electron chi connectivity index (χ0n) is 8.00. The molecule has 0 unspecified atom stereocenters. The number of aliphatic carboxylic acids is 1. The lowest BCUT2D eigenvalue weighted by Crippen LogP contribution is -2.02. The fraction of sp³-hybridized carbons (Fsp3) is 0.300. The van der Waals surface area contributed by atoms with Crippen LogP contribution in [0.2, 0.25) is 0 Å². The number of halogens is 1. The second-order valence-corrected chi connectivity index (χ2v) is 3.75. The zero-order valence-corrected chi connectivity index (χ0v) is 9.59. The molecule has 0 fully saturated rings. The summed E-state index contributed by atoms with van der Waals surface area (Å²) < 4.78 is 5.88. The summed E-state index contributed by atoms with van der Waals surface area (Å²) in [5, 5.41) is 8.66. The molecule has 3 nitrogen and oxygen atoms in total. The van der Waals surface area contributed by atoms with E-state index in [0.717, 1.165) is 15.6 Å². The Hall–Kier alpha value is -1.03. The maximum absolute atomic E-state index is 10.5.